The summed E-state index contributed by atoms with van der Waals surface area (Å²) in [4.78, 5) is 15.0. The van der Waals surface area contributed by atoms with Crippen molar-refractivity contribution in [3.05, 3.63) is 34.4 Å². The first kappa shape index (κ1) is 18.2. The maximum Gasteiger partial charge on any atom is 0.250 e. The Kier molecular flexibility index (Phi) is 5.99. The Balaban J connectivity index is 1.63. The Morgan fingerprint density at radius 1 is 1.32 bits per heavy atom. The first-order chi connectivity index (χ1) is 12.0. The van der Waals surface area contributed by atoms with E-state index < -0.39 is 0 Å². The van der Waals surface area contributed by atoms with Crippen molar-refractivity contribution >= 4 is 23.6 Å². The van der Waals surface area contributed by atoms with Gasteiger partial charge in [-0.25, -0.2) is 0 Å². The topological polar surface area (TPSA) is 50.8 Å². The van der Waals surface area contributed by atoms with Crippen LogP contribution >= 0.6 is 11.6 Å². The summed E-state index contributed by atoms with van der Waals surface area (Å²) < 4.78 is 11.1. The maximum atomic E-state index is 12.6. The second-order valence-electron chi connectivity index (χ2n) is 6.81. The molecule has 1 amide bonds. The van der Waals surface area contributed by atoms with E-state index >= 15 is 0 Å². The minimum Gasteiger partial charge on any atom is -0.488 e. The molecule has 1 aromatic rings. The molecular formula is C19H25ClN2O3. The number of nitrogens with zero attached hydrogens (tertiary/aromatic N) is 1. The van der Waals surface area contributed by atoms with Gasteiger partial charge in [-0.15, -0.1) is 0 Å². The Morgan fingerprint density at radius 3 is 2.80 bits per heavy atom. The molecule has 3 rings (SSSR count). The number of carbonyl (C=O) groups excluding carboxylic acids is 1. The summed E-state index contributed by atoms with van der Waals surface area (Å²) >= 11 is 6.03. The van der Waals surface area contributed by atoms with E-state index in [1.807, 2.05) is 18.2 Å². The van der Waals surface area contributed by atoms with E-state index in [1.54, 1.807) is 6.07 Å². The molecule has 1 saturated heterocycles. The molecule has 136 valence electrons. The minimum absolute atomic E-state index is 0.0791. The van der Waals surface area contributed by atoms with Crippen molar-refractivity contribution in [2.24, 2.45) is 5.92 Å². The number of hydrogen-bond acceptors (Lipinski definition) is 4. The van der Waals surface area contributed by atoms with Gasteiger partial charge in [-0.2, -0.15) is 0 Å². The van der Waals surface area contributed by atoms with Crippen molar-refractivity contribution in [1.29, 1.82) is 0 Å². The molecule has 0 saturated carbocycles. The highest BCUT2D eigenvalue weighted by Gasteiger charge is 2.25. The van der Waals surface area contributed by atoms with Crippen molar-refractivity contribution in [1.82, 2.24) is 10.2 Å². The Labute approximate surface area is 153 Å². The molecule has 0 spiro atoms. The van der Waals surface area contributed by atoms with Gasteiger partial charge in [0.1, 0.15) is 12.4 Å². The van der Waals surface area contributed by atoms with Gasteiger partial charge < -0.3 is 14.8 Å². The molecule has 1 aromatic carbocycles. The molecule has 0 aromatic heterocycles. The van der Waals surface area contributed by atoms with Crippen LogP contribution in [0.1, 0.15) is 19.4 Å². The lowest BCUT2D eigenvalue weighted by atomic mass is 10.0. The van der Waals surface area contributed by atoms with Gasteiger partial charge in [-0.1, -0.05) is 25.4 Å². The van der Waals surface area contributed by atoms with Crippen LogP contribution < -0.4 is 10.1 Å². The smallest absolute Gasteiger partial charge is 0.250 e. The van der Waals surface area contributed by atoms with E-state index in [2.05, 4.69) is 24.1 Å². The fourth-order valence-electron chi connectivity index (χ4n) is 3.29. The third-order valence-corrected chi connectivity index (χ3v) is 4.97. The number of fused-ring (bicyclic) bond motifs is 1. The van der Waals surface area contributed by atoms with Gasteiger partial charge in [0.2, 0.25) is 0 Å². The Bertz CT molecular complexity index is 654. The summed E-state index contributed by atoms with van der Waals surface area (Å²) in [6, 6.07) is 5.73. The van der Waals surface area contributed by atoms with Crippen LogP contribution in [0, 0.1) is 5.92 Å². The number of halogens is 1. The van der Waals surface area contributed by atoms with Gasteiger partial charge in [-0.05, 0) is 30.2 Å². The van der Waals surface area contributed by atoms with Crippen molar-refractivity contribution in [3.8, 4) is 5.75 Å². The highest BCUT2D eigenvalue weighted by molar-refractivity contribution is 6.30. The molecule has 1 atom stereocenters. The molecule has 2 aliphatic heterocycles. The van der Waals surface area contributed by atoms with Crippen LogP contribution in [0.25, 0.3) is 6.08 Å². The number of nitrogens with one attached hydrogen (secondary N) is 1. The van der Waals surface area contributed by atoms with Gasteiger partial charge in [-0.3, -0.25) is 9.69 Å². The largest absolute Gasteiger partial charge is 0.488 e. The van der Waals surface area contributed by atoms with Gasteiger partial charge in [0, 0.05) is 36.3 Å². The van der Waals surface area contributed by atoms with Crippen LogP contribution in [0.2, 0.25) is 5.02 Å². The molecule has 0 aliphatic carbocycles. The minimum atomic E-state index is -0.0791. The molecule has 25 heavy (non-hydrogen) atoms. The molecule has 2 heterocycles. The van der Waals surface area contributed by atoms with Crippen LogP contribution in [-0.2, 0) is 9.53 Å². The zero-order valence-electron chi connectivity index (χ0n) is 14.8. The lowest BCUT2D eigenvalue weighted by Gasteiger charge is -2.37. The molecule has 1 fully saturated rings. The summed E-state index contributed by atoms with van der Waals surface area (Å²) in [6.45, 7) is 8.62. The van der Waals surface area contributed by atoms with E-state index in [0.717, 1.165) is 37.6 Å². The van der Waals surface area contributed by atoms with E-state index in [4.69, 9.17) is 21.1 Å². The predicted octanol–water partition coefficient (Wildman–Crippen LogP) is 2.59. The third-order valence-electron chi connectivity index (χ3n) is 4.73. The Morgan fingerprint density at radius 2 is 2.08 bits per heavy atom. The monoisotopic (exact) mass is 364 g/mol. The molecule has 0 radical (unpaired) electrons. The molecule has 6 heteroatoms. The van der Waals surface area contributed by atoms with Crippen molar-refractivity contribution in [3.63, 3.8) is 0 Å². The van der Waals surface area contributed by atoms with E-state index in [0.29, 0.717) is 29.1 Å². The number of carbonyl (C=O) groups is 1. The van der Waals surface area contributed by atoms with E-state index in [9.17, 15) is 4.79 Å². The normalized spacial score (nSPS) is 19.0. The number of benzene rings is 1. The molecule has 2 aliphatic rings. The fraction of sp³-hybridized carbons (Fsp3) is 0.526. The lowest BCUT2D eigenvalue weighted by molar-refractivity contribution is -0.118. The second-order valence-corrected chi connectivity index (χ2v) is 7.25. The molecule has 1 unspecified atom stereocenters. The van der Waals surface area contributed by atoms with Crippen LogP contribution in [-0.4, -0.2) is 56.3 Å². The SMILES string of the molecule is CC(C)C(CNC(=O)C1=Cc2cc(Cl)ccc2OC1)N1CCOCC1. The zero-order valence-corrected chi connectivity index (χ0v) is 15.5. The van der Waals surface area contributed by atoms with Gasteiger partial charge in [0.05, 0.1) is 18.8 Å². The quantitative estimate of drug-likeness (QED) is 0.872. The van der Waals surface area contributed by atoms with Crippen molar-refractivity contribution < 1.29 is 14.3 Å². The second kappa shape index (κ2) is 8.21. The summed E-state index contributed by atoms with van der Waals surface area (Å²) in [5, 5.41) is 3.71. The summed E-state index contributed by atoms with van der Waals surface area (Å²) in [5.74, 6) is 1.13. The molecule has 1 N–H and O–H groups in total. The average molecular weight is 365 g/mol. The van der Waals surface area contributed by atoms with Crippen LogP contribution in [0.4, 0.5) is 0 Å². The van der Waals surface area contributed by atoms with Gasteiger partial charge in [0.25, 0.3) is 5.91 Å². The zero-order chi connectivity index (χ0) is 17.8. The number of amides is 1. The number of rotatable bonds is 5. The van der Waals surface area contributed by atoms with E-state index in [-0.39, 0.29) is 12.5 Å². The van der Waals surface area contributed by atoms with Gasteiger partial charge in [0.15, 0.2) is 0 Å². The third kappa shape index (κ3) is 4.54. The van der Waals surface area contributed by atoms with Gasteiger partial charge >= 0.3 is 0 Å². The van der Waals surface area contributed by atoms with Crippen LogP contribution in [0.15, 0.2) is 23.8 Å². The summed E-state index contributed by atoms with van der Waals surface area (Å²) in [7, 11) is 0. The highest BCUT2D eigenvalue weighted by Crippen LogP contribution is 2.29. The van der Waals surface area contributed by atoms with E-state index in [1.165, 1.54) is 0 Å². The average Bonchev–Trinajstić information content (AvgIpc) is 2.61. The van der Waals surface area contributed by atoms with Crippen molar-refractivity contribution in [2.75, 3.05) is 39.5 Å². The lowest BCUT2D eigenvalue weighted by Crippen LogP contribution is -2.51. The Hall–Kier alpha value is -1.56. The highest BCUT2D eigenvalue weighted by atomic mass is 35.5. The molecule has 5 nitrogen and oxygen atoms in total. The number of morpholine rings is 1. The first-order valence-corrected chi connectivity index (χ1v) is 9.15. The molecular weight excluding hydrogens is 340 g/mol. The molecule has 0 bridgehead atoms. The summed E-state index contributed by atoms with van der Waals surface area (Å²) in [5.41, 5.74) is 1.47. The first-order valence-electron chi connectivity index (χ1n) is 8.77. The fourth-order valence-corrected chi connectivity index (χ4v) is 3.47. The standard InChI is InChI=1S/C19H25ClN2O3/c1-13(2)17(22-5-7-24-8-6-22)11-21-19(23)15-9-14-10-16(20)3-4-18(14)25-12-15/h3-4,9-10,13,17H,5-8,11-12H2,1-2H3,(H,21,23). The van der Waals surface area contributed by atoms with Crippen LogP contribution in [0.3, 0.4) is 0 Å². The number of hydrogen-bond donors (Lipinski definition) is 1. The predicted molar refractivity (Wildman–Crippen MR) is 99.0 cm³/mol. The summed E-state index contributed by atoms with van der Waals surface area (Å²) in [6.07, 6.45) is 1.86. The van der Waals surface area contributed by atoms with Crippen molar-refractivity contribution in [2.45, 2.75) is 19.9 Å². The maximum absolute atomic E-state index is 12.6. The number of ether oxygens (including phenoxy) is 2. The van der Waals surface area contributed by atoms with Crippen LogP contribution in [0.5, 0.6) is 5.75 Å².